The van der Waals surface area contributed by atoms with E-state index < -0.39 is 17.9 Å². The second kappa shape index (κ2) is 6.80. The number of carboxylic acid groups (broad SMARTS) is 1. The van der Waals surface area contributed by atoms with Gasteiger partial charge in [-0.25, -0.2) is 9.59 Å². The van der Waals surface area contributed by atoms with E-state index >= 15 is 0 Å². The Labute approximate surface area is 88.0 Å². The van der Waals surface area contributed by atoms with Crippen LogP contribution in [0.4, 0.5) is 4.79 Å². The van der Waals surface area contributed by atoms with Crippen LogP contribution in [0.2, 0.25) is 0 Å². The first-order chi connectivity index (χ1) is 7.00. The van der Waals surface area contributed by atoms with E-state index in [9.17, 15) is 14.4 Å². The number of carboxylic acids is 1. The summed E-state index contributed by atoms with van der Waals surface area (Å²) in [6.07, 6.45) is 3.42. The van der Waals surface area contributed by atoms with Crippen LogP contribution in [0.1, 0.15) is 32.6 Å². The van der Waals surface area contributed by atoms with Gasteiger partial charge in [0.05, 0.1) is 0 Å². The largest absolute Gasteiger partial charge is 0.474 e. The fourth-order valence-corrected chi connectivity index (χ4v) is 1.12. The fraction of sp³-hybridized carbons (Fsp3) is 0.667. The van der Waals surface area contributed by atoms with Crippen LogP contribution in [0.5, 0.6) is 0 Å². The fourth-order valence-electron chi connectivity index (χ4n) is 1.12. The summed E-state index contributed by atoms with van der Waals surface area (Å²) in [7, 11) is 0. The van der Waals surface area contributed by atoms with Crippen molar-refractivity contribution in [3.05, 3.63) is 0 Å². The number of imide groups is 1. The van der Waals surface area contributed by atoms with E-state index in [1.54, 1.807) is 0 Å². The molecule has 0 aliphatic rings. The number of amides is 3. The number of hydrogen-bond acceptors (Lipinski definition) is 3. The topological polar surface area (TPSA) is 101 Å². The van der Waals surface area contributed by atoms with Crippen molar-refractivity contribution in [3.63, 3.8) is 0 Å². The van der Waals surface area contributed by atoms with E-state index in [1.165, 1.54) is 0 Å². The molecule has 0 aliphatic carbocycles. The summed E-state index contributed by atoms with van der Waals surface area (Å²) >= 11 is 0. The minimum atomic E-state index is -1.66. The molecule has 0 bridgehead atoms. The highest BCUT2D eigenvalue weighted by Crippen LogP contribution is 2.01. The predicted molar refractivity (Wildman–Crippen MR) is 53.1 cm³/mol. The second-order valence-corrected chi connectivity index (χ2v) is 3.16. The maximum Gasteiger partial charge on any atom is 0.395 e. The maximum atomic E-state index is 11.0. The SMILES string of the molecule is CCCCCCN(C(N)=O)C(=O)C(=O)O. The first kappa shape index (κ1) is 13.4. The number of aliphatic carboxylic acids is 1. The van der Waals surface area contributed by atoms with Crippen molar-refractivity contribution < 1.29 is 19.5 Å². The number of urea groups is 1. The number of unbranched alkanes of at least 4 members (excludes halogenated alkanes) is 3. The number of carbonyl (C=O) groups is 3. The van der Waals surface area contributed by atoms with Gasteiger partial charge in [0.2, 0.25) is 0 Å². The van der Waals surface area contributed by atoms with Crippen LogP contribution < -0.4 is 5.73 Å². The Morgan fingerprint density at radius 3 is 2.20 bits per heavy atom. The van der Waals surface area contributed by atoms with Crippen LogP contribution in [0.25, 0.3) is 0 Å². The molecule has 6 nitrogen and oxygen atoms in total. The third-order valence-electron chi connectivity index (χ3n) is 1.93. The molecule has 0 radical (unpaired) electrons. The molecule has 0 aromatic rings. The van der Waals surface area contributed by atoms with Gasteiger partial charge in [-0.3, -0.25) is 9.69 Å². The van der Waals surface area contributed by atoms with Gasteiger partial charge in [0, 0.05) is 6.54 Å². The molecule has 15 heavy (non-hydrogen) atoms. The molecule has 0 aliphatic heterocycles. The molecule has 86 valence electrons. The average Bonchev–Trinajstić information content (AvgIpc) is 2.16. The molecule has 0 saturated carbocycles. The Kier molecular flexibility index (Phi) is 6.08. The summed E-state index contributed by atoms with van der Waals surface area (Å²) in [4.78, 5) is 32.6. The van der Waals surface area contributed by atoms with Crippen LogP contribution in [-0.2, 0) is 9.59 Å². The average molecular weight is 216 g/mol. The first-order valence-corrected chi connectivity index (χ1v) is 4.85. The monoisotopic (exact) mass is 216 g/mol. The quantitative estimate of drug-likeness (QED) is 0.517. The minimum Gasteiger partial charge on any atom is -0.474 e. The molecule has 0 aromatic carbocycles. The van der Waals surface area contributed by atoms with Gasteiger partial charge >= 0.3 is 17.9 Å². The van der Waals surface area contributed by atoms with Crippen LogP contribution in [-0.4, -0.2) is 34.5 Å². The normalized spacial score (nSPS) is 9.67. The van der Waals surface area contributed by atoms with E-state index in [-0.39, 0.29) is 6.54 Å². The summed E-state index contributed by atoms with van der Waals surface area (Å²) in [5.41, 5.74) is 4.89. The van der Waals surface area contributed by atoms with Crippen molar-refractivity contribution in [2.24, 2.45) is 5.73 Å². The van der Waals surface area contributed by atoms with Crippen molar-refractivity contribution >= 4 is 17.9 Å². The van der Waals surface area contributed by atoms with Gasteiger partial charge in [-0.05, 0) is 6.42 Å². The summed E-state index contributed by atoms with van der Waals surface area (Å²) in [5.74, 6) is -2.93. The first-order valence-electron chi connectivity index (χ1n) is 4.85. The lowest BCUT2D eigenvalue weighted by molar-refractivity contribution is -0.154. The lowest BCUT2D eigenvalue weighted by atomic mass is 10.2. The molecule has 0 heterocycles. The van der Waals surface area contributed by atoms with Crippen LogP contribution in [0.3, 0.4) is 0 Å². The highest BCUT2D eigenvalue weighted by atomic mass is 16.4. The summed E-state index contributed by atoms with van der Waals surface area (Å²) < 4.78 is 0. The molecular weight excluding hydrogens is 200 g/mol. The van der Waals surface area contributed by atoms with Crippen molar-refractivity contribution in [1.82, 2.24) is 4.90 Å². The molecule has 3 amide bonds. The Morgan fingerprint density at radius 2 is 1.80 bits per heavy atom. The van der Waals surface area contributed by atoms with Crippen LogP contribution >= 0.6 is 0 Å². The number of primary amides is 1. The predicted octanol–water partition coefficient (Wildman–Crippen LogP) is 0.559. The molecule has 3 N–H and O–H groups in total. The van der Waals surface area contributed by atoms with Gasteiger partial charge in [0.15, 0.2) is 0 Å². The molecule has 0 rings (SSSR count). The third-order valence-corrected chi connectivity index (χ3v) is 1.93. The number of nitrogens with zero attached hydrogens (tertiary/aromatic N) is 1. The van der Waals surface area contributed by atoms with Crippen molar-refractivity contribution in [2.75, 3.05) is 6.54 Å². The molecule has 0 spiro atoms. The zero-order chi connectivity index (χ0) is 11.8. The molecular formula is C9H16N2O4. The Bertz CT molecular complexity index is 252. The van der Waals surface area contributed by atoms with E-state index in [1.807, 2.05) is 6.92 Å². The second-order valence-electron chi connectivity index (χ2n) is 3.16. The Morgan fingerprint density at radius 1 is 1.20 bits per heavy atom. The highest BCUT2D eigenvalue weighted by molar-refractivity contribution is 6.34. The Hall–Kier alpha value is -1.59. The van der Waals surface area contributed by atoms with Gasteiger partial charge < -0.3 is 10.8 Å². The molecule has 0 aromatic heterocycles. The molecule has 0 fully saturated rings. The van der Waals surface area contributed by atoms with Crippen molar-refractivity contribution in [3.8, 4) is 0 Å². The number of hydrogen-bond donors (Lipinski definition) is 2. The van der Waals surface area contributed by atoms with E-state index in [2.05, 4.69) is 0 Å². The zero-order valence-corrected chi connectivity index (χ0v) is 8.73. The number of nitrogens with two attached hydrogens (primary N) is 1. The summed E-state index contributed by atoms with van der Waals surface area (Å²) in [6, 6.07) is -1.01. The lowest BCUT2D eigenvalue weighted by Gasteiger charge is -2.15. The van der Waals surface area contributed by atoms with E-state index in [0.717, 1.165) is 19.3 Å². The Balaban J connectivity index is 4.12. The summed E-state index contributed by atoms with van der Waals surface area (Å²) in [6.45, 7) is 2.09. The standard InChI is InChI=1S/C9H16N2O4/c1-2-3-4-5-6-11(9(10)15)7(12)8(13)14/h2-6H2,1H3,(H2,10,15)(H,13,14). The van der Waals surface area contributed by atoms with E-state index in [4.69, 9.17) is 10.8 Å². The molecule has 0 saturated heterocycles. The van der Waals surface area contributed by atoms with Gasteiger partial charge in [-0.2, -0.15) is 0 Å². The highest BCUT2D eigenvalue weighted by Gasteiger charge is 2.24. The van der Waals surface area contributed by atoms with E-state index in [0.29, 0.717) is 11.3 Å². The van der Waals surface area contributed by atoms with Gasteiger partial charge in [0.25, 0.3) is 0 Å². The van der Waals surface area contributed by atoms with Crippen molar-refractivity contribution in [1.29, 1.82) is 0 Å². The van der Waals surface area contributed by atoms with Gasteiger partial charge in [0.1, 0.15) is 0 Å². The lowest BCUT2D eigenvalue weighted by Crippen LogP contribution is -2.44. The van der Waals surface area contributed by atoms with Crippen LogP contribution in [0, 0.1) is 0 Å². The summed E-state index contributed by atoms with van der Waals surface area (Å²) in [5, 5.41) is 8.41. The van der Waals surface area contributed by atoms with Gasteiger partial charge in [-0.15, -0.1) is 0 Å². The van der Waals surface area contributed by atoms with Crippen LogP contribution in [0.15, 0.2) is 0 Å². The molecule has 0 atom stereocenters. The third kappa shape index (κ3) is 4.99. The minimum absolute atomic E-state index is 0.0699. The smallest absolute Gasteiger partial charge is 0.395 e. The zero-order valence-electron chi connectivity index (χ0n) is 8.73. The molecule has 0 unspecified atom stereocenters. The molecule has 6 heteroatoms. The van der Waals surface area contributed by atoms with Crippen molar-refractivity contribution in [2.45, 2.75) is 32.6 Å². The number of carbonyl (C=O) groups excluding carboxylic acids is 2. The maximum absolute atomic E-state index is 11.0. The van der Waals surface area contributed by atoms with Gasteiger partial charge in [-0.1, -0.05) is 26.2 Å². The number of rotatable bonds is 5.